The van der Waals surface area contributed by atoms with Gasteiger partial charge in [0, 0.05) is 18.3 Å². The molecule has 0 aliphatic heterocycles. The number of carbonyl (C=O) groups excluding carboxylic acids is 1. The summed E-state index contributed by atoms with van der Waals surface area (Å²) >= 11 is 0. The molecule has 1 aliphatic rings. The van der Waals surface area contributed by atoms with Gasteiger partial charge in [-0.3, -0.25) is 9.89 Å². The van der Waals surface area contributed by atoms with E-state index in [1.54, 1.807) is 0 Å². The fraction of sp³-hybridized carbons (Fsp3) is 0.476. The van der Waals surface area contributed by atoms with Gasteiger partial charge in [0.25, 0.3) is 5.91 Å². The predicted octanol–water partition coefficient (Wildman–Crippen LogP) is 3.69. The smallest absolute Gasteiger partial charge is 0.272 e. The first-order chi connectivity index (χ1) is 13.1. The second-order valence-electron chi connectivity index (χ2n) is 7.80. The third-order valence-electron chi connectivity index (χ3n) is 5.57. The van der Waals surface area contributed by atoms with Crippen LogP contribution in [-0.2, 0) is 19.9 Å². The standard InChI is InChI=1S/C21H27N5O/c1-13(2)18(20-22-16-11-7-8-12-17(16)26(20)3)23-21(27)19-14-9-5-4-6-10-15(14)24-25-19/h7-8,11-13,18H,4-6,9-10H2,1-3H3,(H,23,27)(H,24,25)/t18-/m0/s1. The Morgan fingerprint density at radius 2 is 1.96 bits per heavy atom. The monoisotopic (exact) mass is 365 g/mol. The summed E-state index contributed by atoms with van der Waals surface area (Å²) in [5.74, 6) is 0.975. The highest BCUT2D eigenvalue weighted by molar-refractivity contribution is 5.94. The fourth-order valence-corrected chi connectivity index (χ4v) is 4.03. The number of benzene rings is 1. The first-order valence-electron chi connectivity index (χ1n) is 9.84. The molecular formula is C21H27N5O. The van der Waals surface area contributed by atoms with Crippen LogP contribution in [-0.4, -0.2) is 25.7 Å². The SMILES string of the molecule is CC(C)[C@H](NC(=O)c1n[nH]c2c1CCCCC2)c1nc2ccccc2n1C. The van der Waals surface area contributed by atoms with Gasteiger partial charge in [0.2, 0.25) is 0 Å². The summed E-state index contributed by atoms with van der Waals surface area (Å²) in [4.78, 5) is 17.9. The van der Waals surface area contributed by atoms with Crippen LogP contribution in [0.1, 0.15) is 66.7 Å². The number of aromatic amines is 1. The van der Waals surface area contributed by atoms with Crippen LogP contribution in [0.15, 0.2) is 24.3 Å². The Balaban J connectivity index is 1.65. The molecule has 0 unspecified atom stereocenters. The predicted molar refractivity (Wildman–Crippen MR) is 106 cm³/mol. The number of para-hydroxylation sites is 2. The van der Waals surface area contributed by atoms with E-state index in [-0.39, 0.29) is 17.9 Å². The largest absolute Gasteiger partial charge is 0.340 e. The molecule has 1 amide bonds. The molecule has 0 saturated carbocycles. The van der Waals surface area contributed by atoms with E-state index in [0.29, 0.717) is 5.69 Å². The molecule has 0 spiro atoms. The summed E-state index contributed by atoms with van der Waals surface area (Å²) in [7, 11) is 2.01. The Kier molecular flexibility index (Phi) is 4.72. The molecule has 4 rings (SSSR count). The Morgan fingerprint density at radius 3 is 2.74 bits per heavy atom. The number of amides is 1. The Hall–Kier alpha value is -2.63. The quantitative estimate of drug-likeness (QED) is 0.692. The fourth-order valence-electron chi connectivity index (χ4n) is 4.03. The maximum atomic E-state index is 13.1. The van der Waals surface area contributed by atoms with Crippen molar-refractivity contribution in [3.63, 3.8) is 0 Å². The molecule has 0 bridgehead atoms. The van der Waals surface area contributed by atoms with Crippen LogP contribution in [0.25, 0.3) is 11.0 Å². The minimum atomic E-state index is -0.173. The zero-order valence-corrected chi connectivity index (χ0v) is 16.2. The van der Waals surface area contributed by atoms with Crippen LogP contribution in [0.2, 0.25) is 0 Å². The van der Waals surface area contributed by atoms with Gasteiger partial charge in [0.1, 0.15) is 5.82 Å². The molecule has 0 saturated heterocycles. The number of hydrogen-bond donors (Lipinski definition) is 2. The van der Waals surface area contributed by atoms with E-state index >= 15 is 0 Å². The van der Waals surface area contributed by atoms with Gasteiger partial charge in [0.05, 0.1) is 17.1 Å². The van der Waals surface area contributed by atoms with E-state index in [0.717, 1.165) is 53.8 Å². The molecule has 6 heteroatoms. The highest BCUT2D eigenvalue weighted by Gasteiger charge is 2.27. The Bertz CT molecular complexity index is 968. The van der Waals surface area contributed by atoms with Crippen molar-refractivity contribution in [3.8, 4) is 0 Å². The number of nitrogens with one attached hydrogen (secondary N) is 2. The normalized spacial score (nSPS) is 15.6. The van der Waals surface area contributed by atoms with E-state index in [2.05, 4.69) is 40.0 Å². The number of aryl methyl sites for hydroxylation is 2. The van der Waals surface area contributed by atoms with E-state index in [4.69, 9.17) is 4.98 Å². The molecule has 2 N–H and O–H groups in total. The lowest BCUT2D eigenvalue weighted by Crippen LogP contribution is -2.34. The molecule has 1 aromatic carbocycles. The van der Waals surface area contributed by atoms with Crippen LogP contribution in [0, 0.1) is 5.92 Å². The van der Waals surface area contributed by atoms with Crippen LogP contribution in [0.3, 0.4) is 0 Å². The summed E-state index contributed by atoms with van der Waals surface area (Å²) in [5.41, 5.74) is 4.79. The number of nitrogens with zero attached hydrogens (tertiary/aromatic N) is 3. The number of H-pyrrole nitrogens is 1. The molecule has 2 heterocycles. The second kappa shape index (κ2) is 7.18. The van der Waals surface area contributed by atoms with Gasteiger partial charge in [-0.15, -0.1) is 0 Å². The third kappa shape index (κ3) is 3.24. The molecule has 1 aliphatic carbocycles. The van der Waals surface area contributed by atoms with Crippen molar-refractivity contribution in [2.45, 2.75) is 52.0 Å². The lowest BCUT2D eigenvalue weighted by Gasteiger charge is -2.22. The molecule has 0 radical (unpaired) electrons. The first kappa shape index (κ1) is 17.8. The van der Waals surface area contributed by atoms with E-state index in [9.17, 15) is 4.79 Å². The molecule has 27 heavy (non-hydrogen) atoms. The molecule has 1 atom stereocenters. The van der Waals surface area contributed by atoms with Crippen LogP contribution in [0.4, 0.5) is 0 Å². The minimum Gasteiger partial charge on any atom is -0.340 e. The second-order valence-corrected chi connectivity index (χ2v) is 7.80. The van der Waals surface area contributed by atoms with Crippen molar-refractivity contribution in [2.75, 3.05) is 0 Å². The molecule has 2 aromatic heterocycles. The van der Waals surface area contributed by atoms with Gasteiger partial charge in [-0.25, -0.2) is 4.98 Å². The van der Waals surface area contributed by atoms with Crippen LogP contribution in [0.5, 0.6) is 0 Å². The topological polar surface area (TPSA) is 75.6 Å². The highest BCUT2D eigenvalue weighted by atomic mass is 16.2. The van der Waals surface area contributed by atoms with E-state index in [1.165, 1.54) is 6.42 Å². The number of carbonyl (C=O) groups is 1. The Morgan fingerprint density at radius 1 is 1.19 bits per heavy atom. The van der Waals surface area contributed by atoms with Crippen molar-refractivity contribution in [1.82, 2.24) is 25.1 Å². The molecule has 6 nitrogen and oxygen atoms in total. The van der Waals surface area contributed by atoms with Gasteiger partial charge >= 0.3 is 0 Å². The van der Waals surface area contributed by atoms with Crippen LogP contribution < -0.4 is 5.32 Å². The lowest BCUT2D eigenvalue weighted by molar-refractivity contribution is 0.0916. The van der Waals surface area contributed by atoms with Gasteiger partial charge in [-0.2, -0.15) is 5.10 Å². The molecule has 142 valence electrons. The number of imidazole rings is 1. The van der Waals surface area contributed by atoms with Gasteiger partial charge in [-0.05, 0) is 43.7 Å². The maximum absolute atomic E-state index is 13.1. The minimum absolute atomic E-state index is 0.111. The zero-order chi connectivity index (χ0) is 19.0. The van der Waals surface area contributed by atoms with Crippen molar-refractivity contribution in [3.05, 3.63) is 47.0 Å². The van der Waals surface area contributed by atoms with Gasteiger partial charge < -0.3 is 9.88 Å². The van der Waals surface area contributed by atoms with Crippen LogP contribution >= 0.6 is 0 Å². The van der Waals surface area contributed by atoms with Crippen molar-refractivity contribution < 1.29 is 4.79 Å². The maximum Gasteiger partial charge on any atom is 0.272 e. The molecule has 0 fully saturated rings. The van der Waals surface area contributed by atoms with Gasteiger partial charge in [0.15, 0.2) is 5.69 Å². The van der Waals surface area contributed by atoms with Crippen molar-refractivity contribution >= 4 is 16.9 Å². The average molecular weight is 365 g/mol. The lowest BCUT2D eigenvalue weighted by atomic mass is 10.0. The van der Waals surface area contributed by atoms with E-state index in [1.807, 2.05) is 25.2 Å². The summed E-state index contributed by atoms with van der Waals surface area (Å²) < 4.78 is 2.07. The zero-order valence-electron chi connectivity index (χ0n) is 16.2. The average Bonchev–Trinajstić information content (AvgIpc) is 3.12. The molecule has 3 aromatic rings. The summed E-state index contributed by atoms with van der Waals surface area (Å²) in [6.07, 6.45) is 5.38. The van der Waals surface area contributed by atoms with E-state index < -0.39 is 0 Å². The van der Waals surface area contributed by atoms with Crippen molar-refractivity contribution in [1.29, 1.82) is 0 Å². The molecular weight excluding hydrogens is 338 g/mol. The Labute approximate surface area is 159 Å². The summed E-state index contributed by atoms with van der Waals surface area (Å²) in [5, 5.41) is 10.6. The number of fused-ring (bicyclic) bond motifs is 2. The summed E-state index contributed by atoms with van der Waals surface area (Å²) in [6.45, 7) is 4.21. The van der Waals surface area contributed by atoms with Crippen molar-refractivity contribution in [2.24, 2.45) is 13.0 Å². The number of aromatic nitrogens is 4. The first-order valence-corrected chi connectivity index (χ1v) is 9.84. The number of hydrogen-bond acceptors (Lipinski definition) is 3. The van der Waals surface area contributed by atoms with Gasteiger partial charge in [-0.1, -0.05) is 32.4 Å². The summed E-state index contributed by atoms with van der Waals surface area (Å²) in [6, 6.07) is 7.88. The highest BCUT2D eigenvalue weighted by Crippen LogP contribution is 2.26. The number of rotatable bonds is 4. The third-order valence-corrected chi connectivity index (χ3v) is 5.57.